The number of nitrogens with one attached hydrogen (secondary N) is 1. The zero-order valence-corrected chi connectivity index (χ0v) is 18.5. The fourth-order valence-electron chi connectivity index (χ4n) is 3.72. The van der Waals surface area contributed by atoms with Gasteiger partial charge in [0.05, 0.1) is 24.6 Å². The van der Waals surface area contributed by atoms with Gasteiger partial charge in [0.2, 0.25) is 10.0 Å². The molecule has 1 aromatic carbocycles. The minimum Gasteiger partial charge on any atom is -0.450 e. The maximum absolute atomic E-state index is 12.9. The molecular formula is C20H31N5O4S. The van der Waals surface area contributed by atoms with Crippen LogP contribution in [0.4, 0.5) is 10.5 Å². The molecule has 0 bridgehead atoms. The van der Waals surface area contributed by atoms with Gasteiger partial charge in [0.1, 0.15) is 0 Å². The predicted molar refractivity (Wildman–Crippen MR) is 117 cm³/mol. The van der Waals surface area contributed by atoms with Crippen LogP contribution in [0.1, 0.15) is 19.4 Å². The molecule has 0 saturated carbocycles. The molecule has 1 fully saturated rings. The van der Waals surface area contributed by atoms with Crippen LogP contribution in [0.2, 0.25) is 0 Å². The van der Waals surface area contributed by atoms with Crippen molar-refractivity contribution in [2.75, 3.05) is 62.5 Å². The molecule has 1 amide bonds. The van der Waals surface area contributed by atoms with Gasteiger partial charge in [-0.05, 0) is 31.9 Å². The van der Waals surface area contributed by atoms with E-state index in [1.165, 1.54) is 4.31 Å². The van der Waals surface area contributed by atoms with Crippen LogP contribution in [0.3, 0.4) is 0 Å². The first kappa shape index (κ1) is 22.2. The van der Waals surface area contributed by atoms with Crippen LogP contribution in [-0.2, 0) is 21.2 Å². The second kappa shape index (κ2) is 10.0. The van der Waals surface area contributed by atoms with Gasteiger partial charge >= 0.3 is 6.09 Å². The third kappa shape index (κ3) is 5.16. The summed E-state index contributed by atoms with van der Waals surface area (Å²) in [6.07, 6.45) is 0.447. The Bertz CT molecular complexity index is 866. The van der Waals surface area contributed by atoms with E-state index in [0.29, 0.717) is 51.8 Å². The predicted octanol–water partition coefficient (Wildman–Crippen LogP) is 1.12. The number of amides is 1. The van der Waals surface area contributed by atoms with Crippen LogP contribution >= 0.6 is 0 Å². The van der Waals surface area contributed by atoms with Crippen molar-refractivity contribution < 1.29 is 17.9 Å². The highest BCUT2D eigenvalue weighted by Gasteiger charge is 2.29. The molecule has 0 radical (unpaired) electrons. The normalized spacial score (nSPS) is 17.1. The van der Waals surface area contributed by atoms with Crippen LogP contribution in [0, 0.1) is 0 Å². The molecule has 2 heterocycles. The first-order chi connectivity index (χ1) is 14.5. The van der Waals surface area contributed by atoms with E-state index >= 15 is 0 Å². The van der Waals surface area contributed by atoms with E-state index in [1.807, 2.05) is 31.2 Å². The number of benzene rings is 1. The molecule has 9 nitrogen and oxygen atoms in total. The summed E-state index contributed by atoms with van der Waals surface area (Å²) in [5.41, 5.74) is 1.85. The smallest absolute Gasteiger partial charge is 0.409 e. The summed E-state index contributed by atoms with van der Waals surface area (Å²) in [5.74, 6) is 0.636. The molecule has 0 unspecified atom stereocenters. The molecule has 1 aromatic rings. The van der Waals surface area contributed by atoms with Crippen molar-refractivity contribution in [3.8, 4) is 0 Å². The van der Waals surface area contributed by atoms with Gasteiger partial charge in [0.15, 0.2) is 5.96 Å². The number of fused-ring (bicyclic) bond motifs is 1. The number of ether oxygens (including phenoxy) is 1. The van der Waals surface area contributed by atoms with Gasteiger partial charge < -0.3 is 19.9 Å². The van der Waals surface area contributed by atoms with Gasteiger partial charge in [-0.25, -0.2) is 13.2 Å². The van der Waals surface area contributed by atoms with E-state index in [1.54, 1.807) is 11.8 Å². The highest BCUT2D eigenvalue weighted by Crippen LogP contribution is 2.29. The molecule has 0 aliphatic carbocycles. The fraction of sp³-hybridized carbons (Fsp3) is 0.600. The summed E-state index contributed by atoms with van der Waals surface area (Å²) in [4.78, 5) is 20.1. The Morgan fingerprint density at radius 1 is 1.10 bits per heavy atom. The molecule has 10 heteroatoms. The van der Waals surface area contributed by atoms with E-state index < -0.39 is 10.0 Å². The number of carbonyl (C=O) groups excluding carboxylic acids is 1. The molecule has 166 valence electrons. The molecule has 1 saturated heterocycles. The SMILES string of the molecule is CCNC(=NCCS(=O)(=O)N1CCc2ccccc21)N1CCN(C(=O)OCC)CC1. The first-order valence-corrected chi connectivity index (χ1v) is 12.1. The van der Waals surface area contributed by atoms with Gasteiger partial charge in [-0.2, -0.15) is 0 Å². The average molecular weight is 438 g/mol. The number of rotatable bonds is 6. The van der Waals surface area contributed by atoms with Gasteiger partial charge in [0, 0.05) is 39.3 Å². The second-order valence-corrected chi connectivity index (χ2v) is 9.19. The third-order valence-electron chi connectivity index (χ3n) is 5.23. The highest BCUT2D eigenvalue weighted by molar-refractivity contribution is 7.92. The lowest BCUT2D eigenvalue weighted by molar-refractivity contribution is 0.0914. The summed E-state index contributed by atoms with van der Waals surface area (Å²) in [7, 11) is -3.43. The zero-order valence-electron chi connectivity index (χ0n) is 17.7. The highest BCUT2D eigenvalue weighted by atomic mass is 32.2. The molecule has 30 heavy (non-hydrogen) atoms. The number of nitrogens with zero attached hydrogens (tertiary/aromatic N) is 4. The number of sulfonamides is 1. The zero-order chi connectivity index (χ0) is 21.6. The minimum absolute atomic E-state index is 0.0426. The maximum Gasteiger partial charge on any atom is 0.409 e. The van der Waals surface area contributed by atoms with Gasteiger partial charge in [0.25, 0.3) is 0 Å². The Morgan fingerprint density at radius 3 is 2.50 bits per heavy atom. The topological polar surface area (TPSA) is 94.5 Å². The van der Waals surface area contributed by atoms with Gasteiger partial charge in [-0.15, -0.1) is 0 Å². The standard InChI is InChI=1S/C20H31N5O4S/c1-3-21-19(23-12-14-24(15-13-23)20(26)29-4-2)22-10-16-30(27,28)25-11-9-17-7-5-6-8-18(17)25/h5-8H,3-4,9-16H2,1-2H3,(H,21,22). The molecule has 0 aromatic heterocycles. The average Bonchev–Trinajstić information content (AvgIpc) is 3.18. The number of guanidine groups is 1. The van der Waals surface area contributed by atoms with Crippen molar-refractivity contribution in [2.24, 2.45) is 4.99 Å². The summed E-state index contributed by atoms with van der Waals surface area (Å²) in [6.45, 7) is 7.82. The maximum atomic E-state index is 12.9. The fourth-order valence-corrected chi connectivity index (χ4v) is 5.11. The Morgan fingerprint density at radius 2 is 1.80 bits per heavy atom. The molecule has 2 aliphatic heterocycles. The van der Waals surface area contributed by atoms with E-state index in [4.69, 9.17) is 4.74 Å². The lowest BCUT2D eigenvalue weighted by atomic mass is 10.2. The number of hydrogen-bond donors (Lipinski definition) is 1. The lowest BCUT2D eigenvalue weighted by Crippen LogP contribution is -2.54. The number of piperazine rings is 1. The van der Waals surface area contributed by atoms with Crippen LogP contribution in [-0.4, -0.2) is 88.4 Å². The molecule has 1 N–H and O–H groups in total. The molecule has 0 atom stereocenters. The van der Waals surface area contributed by atoms with E-state index in [2.05, 4.69) is 15.2 Å². The number of aliphatic imine (C=N–C) groups is 1. The molecule has 3 rings (SSSR count). The van der Waals surface area contributed by atoms with E-state index in [-0.39, 0.29) is 18.4 Å². The summed E-state index contributed by atoms with van der Waals surface area (Å²) in [5, 5.41) is 3.23. The molecule has 2 aliphatic rings. The van der Waals surface area contributed by atoms with Gasteiger partial charge in [-0.3, -0.25) is 9.30 Å². The summed E-state index contributed by atoms with van der Waals surface area (Å²) in [6, 6.07) is 7.63. The van der Waals surface area contributed by atoms with E-state index in [9.17, 15) is 13.2 Å². The van der Waals surface area contributed by atoms with Crippen molar-refractivity contribution in [1.29, 1.82) is 0 Å². The Hall–Kier alpha value is -2.49. The quantitative estimate of drug-likeness (QED) is 0.529. The second-order valence-electron chi connectivity index (χ2n) is 7.18. The summed E-state index contributed by atoms with van der Waals surface area (Å²) >= 11 is 0. The Labute approximate surface area is 178 Å². The molecular weight excluding hydrogens is 406 g/mol. The van der Waals surface area contributed by atoms with Crippen LogP contribution in [0.5, 0.6) is 0 Å². The van der Waals surface area contributed by atoms with Crippen molar-refractivity contribution in [3.63, 3.8) is 0 Å². The lowest BCUT2D eigenvalue weighted by Gasteiger charge is -2.35. The van der Waals surface area contributed by atoms with Crippen LogP contribution in [0.15, 0.2) is 29.3 Å². The Kier molecular flexibility index (Phi) is 7.41. The van der Waals surface area contributed by atoms with Crippen molar-refractivity contribution in [3.05, 3.63) is 29.8 Å². The van der Waals surface area contributed by atoms with E-state index in [0.717, 1.165) is 17.7 Å². The largest absolute Gasteiger partial charge is 0.450 e. The van der Waals surface area contributed by atoms with Gasteiger partial charge in [-0.1, -0.05) is 18.2 Å². The number of anilines is 1. The van der Waals surface area contributed by atoms with Crippen LogP contribution in [0.25, 0.3) is 0 Å². The van der Waals surface area contributed by atoms with Crippen molar-refractivity contribution in [2.45, 2.75) is 20.3 Å². The Balaban J connectivity index is 1.58. The first-order valence-electron chi connectivity index (χ1n) is 10.5. The molecule has 0 spiro atoms. The van der Waals surface area contributed by atoms with Crippen molar-refractivity contribution in [1.82, 2.24) is 15.1 Å². The van der Waals surface area contributed by atoms with Crippen LogP contribution < -0.4 is 9.62 Å². The number of hydrogen-bond acceptors (Lipinski definition) is 5. The third-order valence-corrected chi connectivity index (χ3v) is 6.98. The number of carbonyl (C=O) groups is 1. The number of para-hydroxylation sites is 1. The summed E-state index contributed by atoms with van der Waals surface area (Å²) < 4.78 is 32.3. The minimum atomic E-state index is -3.43. The monoisotopic (exact) mass is 437 g/mol. The van der Waals surface area contributed by atoms with Crippen molar-refractivity contribution >= 4 is 27.8 Å².